The lowest BCUT2D eigenvalue weighted by atomic mass is 9.77. The van der Waals surface area contributed by atoms with Crippen LogP contribution >= 0.6 is 0 Å². The summed E-state index contributed by atoms with van der Waals surface area (Å²) in [7, 11) is -3.68. The third-order valence-electron chi connectivity index (χ3n) is 4.00. The van der Waals surface area contributed by atoms with Crippen LogP contribution in [0.15, 0.2) is 29.4 Å². The molecule has 1 aromatic heterocycles. The fourth-order valence-electron chi connectivity index (χ4n) is 2.91. The second kappa shape index (κ2) is 6.11. The highest BCUT2D eigenvalue weighted by Gasteiger charge is 2.44. The van der Waals surface area contributed by atoms with E-state index in [0.717, 1.165) is 0 Å². The Labute approximate surface area is 124 Å². The van der Waals surface area contributed by atoms with Gasteiger partial charge in [-0.2, -0.15) is 4.31 Å². The van der Waals surface area contributed by atoms with Crippen molar-refractivity contribution in [1.29, 1.82) is 0 Å². The first kappa shape index (κ1) is 15.9. The van der Waals surface area contributed by atoms with Gasteiger partial charge in [0.1, 0.15) is 4.90 Å². The molecule has 1 unspecified atom stereocenters. The van der Waals surface area contributed by atoms with E-state index < -0.39 is 21.4 Å². The molecule has 0 aliphatic carbocycles. The van der Waals surface area contributed by atoms with Gasteiger partial charge in [0, 0.05) is 25.5 Å². The molecule has 0 saturated carbocycles. The maximum Gasteiger partial charge on any atom is 0.310 e. The van der Waals surface area contributed by atoms with Gasteiger partial charge in [-0.1, -0.05) is 13.3 Å². The van der Waals surface area contributed by atoms with Crippen LogP contribution in [-0.4, -0.2) is 41.9 Å². The number of carboxylic acid groups (broad SMARTS) is 1. The van der Waals surface area contributed by atoms with Crippen molar-refractivity contribution < 1.29 is 18.3 Å². The Bertz CT molecular complexity index is 599. The van der Waals surface area contributed by atoms with Gasteiger partial charge in [-0.05, 0) is 31.4 Å². The first-order valence-electron chi connectivity index (χ1n) is 7.06. The zero-order valence-electron chi connectivity index (χ0n) is 12.0. The molecule has 2 rings (SSSR count). The maximum atomic E-state index is 12.6. The molecule has 1 atom stereocenters. The number of aliphatic carboxylic acids is 1. The first-order chi connectivity index (χ1) is 9.92. The average Bonchev–Trinajstić information content (AvgIpc) is 2.48. The monoisotopic (exact) mass is 312 g/mol. The smallest absolute Gasteiger partial charge is 0.310 e. The summed E-state index contributed by atoms with van der Waals surface area (Å²) in [5, 5.41) is 9.54. The molecule has 0 aromatic carbocycles. The van der Waals surface area contributed by atoms with E-state index in [1.807, 2.05) is 6.92 Å². The number of pyridine rings is 1. The molecule has 0 bridgehead atoms. The number of sulfonamides is 1. The minimum absolute atomic E-state index is 0.0351. The summed E-state index contributed by atoms with van der Waals surface area (Å²) in [6.45, 7) is 2.31. The zero-order valence-corrected chi connectivity index (χ0v) is 12.8. The van der Waals surface area contributed by atoms with E-state index in [4.69, 9.17) is 0 Å². The van der Waals surface area contributed by atoms with E-state index in [0.29, 0.717) is 32.2 Å². The van der Waals surface area contributed by atoms with Crippen molar-refractivity contribution in [1.82, 2.24) is 9.29 Å². The van der Waals surface area contributed by atoms with E-state index in [-0.39, 0.29) is 11.4 Å². The predicted molar refractivity (Wildman–Crippen MR) is 77.2 cm³/mol. The molecule has 1 aliphatic heterocycles. The SMILES string of the molecule is CCCC1(C(=O)O)CCCN(S(=O)(=O)c2cccnc2)C1. The van der Waals surface area contributed by atoms with Gasteiger partial charge in [0.25, 0.3) is 0 Å². The molecule has 116 valence electrons. The molecule has 7 heteroatoms. The lowest BCUT2D eigenvalue weighted by molar-refractivity contribution is -0.151. The fourth-order valence-corrected chi connectivity index (χ4v) is 4.44. The molecule has 1 aromatic rings. The van der Waals surface area contributed by atoms with Gasteiger partial charge in [-0.3, -0.25) is 9.78 Å². The molecule has 6 nitrogen and oxygen atoms in total. The first-order valence-corrected chi connectivity index (χ1v) is 8.50. The highest BCUT2D eigenvalue weighted by atomic mass is 32.2. The van der Waals surface area contributed by atoms with Crippen molar-refractivity contribution in [2.24, 2.45) is 5.41 Å². The Morgan fingerprint density at radius 3 is 2.86 bits per heavy atom. The number of piperidine rings is 1. The van der Waals surface area contributed by atoms with Gasteiger partial charge < -0.3 is 5.11 Å². The van der Waals surface area contributed by atoms with Gasteiger partial charge in [0.15, 0.2) is 0 Å². The summed E-state index contributed by atoms with van der Waals surface area (Å²) in [5.41, 5.74) is -0.970. The summed E-state index contributed by atoms with van der Waals surface area (Å²) in [5.74, 6) is -0.907. The number of carboxylic acids is 1. The Kier molecular flexibility index (Phi) is 4.63. The van der Waals surface area contributed by atoms with Gasteiger partial charge in [-0.15, -0.1) is 0 Å². The standard InChI is InChI=1S/C14H20N2O4S/c1-2-6-14(13(17)18)7-4-9-16(11-14)21(19,20)12-5-3-8-15-10-12/h3,5,8,10H,2,4,6-7,9,11H2,1H3,(H,17,18). The molecule has 1 aliphatic rings. The molecule has 0 radical (unpaired) electrons. The lowest BCUT2D eigenvalue weighted by Gasteiger charge is -2.39. The highest BCUT2D eigenvalue weighted by molar-refractivity contribution is 7.89. The topological polar surface area (TPSA) is 87.6 Å². The van der Waals surface area contributed by atoms with E-state index in [9.17, 15) is 18.3 Å². The van der Waals surface area contributed by atoms with Crippen LogP contribution in [0.25, 0.3) is 0 Å². The Morgan fingerprint density at radius 2 is 2.29 bits per heavy atom. The third-order valence-corrected chi connectivity index (χ3v) is 5.82. The van der Waals surface area contributed by atoms with Crippen LogP contribution in [0.3, 0.4) is 0 Å². The van der Waals surface area contributed by atoms with Crippen LogP contribution < -0.4 is 0 Å². The Hall–Kier alpha value is -1.47. The van der Waals surface area contributed by atoms with E-state index >= 15 is 0 Å². The molecule has 0 amide bonds. The van der Waals surface area contributed by atoms with Crippen LogP contribution in [0, 0.1) is 5.41 Å². The number of hydrogen-bond donors (Lipinski definition) is 1. The molecule has 1 fully saturated rings. The second-order valence-corrected chi connectivity index (χ2v) is 7.40. The normalized spacial score (nSPS) is 23.9. The summed E-state index contributed by atoms with van der Waals surface area (Å²) in [6, 6.07) is 3.05. The minimum atomic E-state index is -3.68. The van der Waals surface area contributed by atoms with Crippen LogP contribution in [0.4, 0.5) is 0 Å². The molecule has 21 heavy (non-hydrogen) atoms. The van der Waals surface area contributed by atoms with Gasteiger partial charge in [0.05, 0.1) is 5.41 Å². The molecule has 2 heterocycles. The summed E-state index contributed by atoms with van der Waals surface area (Å²) in [6.07, 6.45) is 5.09. The predicted octanol–water partition coefficient (Wildman–Crippen LogP) is 1.74. The molecule has 1 saturated heterocycles. The van der Waals surface area contributed by atoms with E-state index in [1.54, 1.807) is 6.07 Å². The number of rotatable bonds is 5. The summed E-state index contributed by atoms with van der Waals surface area (Å²) >= 11 is 0. The highest BCUT2D eigenvalue weighted by Crippen LogP contribution is 2.37. The molecular weight excluding hydrogens is 292 g/mol. The number of hydrogen-bond acceptors (Lipinski definition) is 4. The van der Waals surface area contributed by atoms with Crippen LogP contribution in [0.5, 0.6) is 0 Å². The third kappa shape index (κ3) is 3.08. The maximum absolute atomic E-state index is 12.6. The van der Waals surface area contributed by atoms with E-state index in [2.05, 4.69) is 4.98 Å². The van der Waals surface area contributed by atoms with Gasteiger partial charge >= 0.3 is 5.97 Å². The fraction of sp³-hybridized carbons (Fsp3) is 0.571. The van der Waals surface area contributed by atoms with Crippen molar-refractivity contribution in [3.63, 3.8) is 0 Å². The van der Waals surface area contributed by atoms with Crippen molar-refractivity contribution in [2.45, 2.75) is 37.5 Å². The van der Waals surface area contributed by atoms with E-state index in [1.165, 1.54) is 22.8 Å². The van der Waals surface area contributed by atoms with Gasteiger partial charge in [-0.25, -0.2) is 8.42 Å². The summed E-state index contributed by atoms with van der Waals surface area (Å²) in [4.78, 5) is 15.6. The van der Waals surface area contributed by atoms with Crippen molar-refractivity contribution >= 4 is 16.0 Å². The van der Waals surface area contributed by atoms with Gasteiger partial charge in [0.2, 0.25) is 10.0 Å². The molecule has 0 spiro atoms. The van der Waals surface area contributed by atoms with Crippen molar-refractivity contribution in [3.8, 4) is 0 Å². The Morgan fingerprint density at radius 1 is 1.52 bits per heavy atom. The number of nitrogens with zero attached hydrogens (tertiary/aromatic N) is 2. The van der Waals surface area contributed by atoms with Crippen LogP contribution in [0.2, 0.25) is 0 Å². The molecule has 1 N–H and O–H groups in total. The summed E-state index contributed by atoms with van der Waals surface area (Å²) < 4.78 is 26.5. The number of carbonyl (C=O) groups is 1. The van der Waals surface area contributed by atoms with Crippen molar-refractivity contribution in [2.75, 3.05) is 13.1 Å². The van der Waals surface area contributed by atoms with Crippen LogP contribution in [0.1, 0.15) is 32.6 Å². The van der Waals surface area contributed by atoms with Crippen molar-refractivity contribution in [3.05, 3.63) is 24.5 Å². The Balaban J connectivity index is 2.31. The quantitative estimate of drug-likeness (QED) is 0.894. The lowest BCUT2D eigenvalue weighted by Crippen LogP contribution is -2.49. The zero-order chi connectivity index (χ0) is 15.5. The van der Waals surface area contributed by atoms with Crippen LogP contribution in [-0.2, 0) is 14.8 Å². The largest absolute Gasteiger partial charge is 0.481 e. The minimum Gasteiger partial charge on any atom is -0.481 e. The number of aromatic nitrogens is 1. The second-order valence-electron chi connectivity index (χ2n) is 5.47. The average molecular weight is 312 g/mol. The molecular formula is C14H20N2O4S.